The Kier molecular flexibility index (Phi) is 13.0. The molecule has 194 valence electrons. The van der Waals surface area contributed by atoms with Gasteiger partial charge in [-0.15, -0.1) is 0 Å². The van der Waals surface area contributed by atoms with E-state index in [1.54, 1.807) is 0 Å². The molecule has 3 amide bonds. The molecule has 11 nitrogen and oxygen atoms in total. The molecule has 0 radical (unpaired) electrons. The van der Waals surface area contributed by atoms with Gasteiger partial charge in [-0.3, -0.25) is 34.0 Å². The van der Waals surface area contributed by atoms with Gasteiger partial charge in [0.2, 0.25) is 17.7 Å². The zero-order valence-electron chi connectivity index (χ0n) is 20.5. The van der Waals surface area contributed by atoms with Crippen molar-refractivity contribution in [3.8, 4) is 0 Å². The number of amides is 3. The lowest BCUT2D eigenvalue weighted by molar-refractivity contribution is -0.123. The van der Waals surface area contributed by atoms with Crippen LogP contribution in [0.15, 0.2) is 0 Å². The number of primary amides is 2. The maximum absolute atomic E-state index is 12.7. The molecular formula is C23H43N7O4. The lowest BCUT2D eigenvalue weighted by atomic mass is 9.89. The molecule has 0 unspecified atom stereocenters. The van der Waals surface area contributed by atoms with E-state index < -0.39 is 11.8 Å². The number of hydrogen-bond donors (Lipinski definition) is 3. The number of nitrogens with two attached hydrogens (primary N) is 2. The monoisotopic (exact) mass is 481 g/mol. The summed E-state index contributed by atoms with van der Waals surface area (Å²) in [5.74, 6) is -0.251. The number of nitrogens with zero attached hydrogens (tertiary/aromatic N) is 4. The average Bonchev–Trinajstić information content (AvgIpc) is 2.79. The van der Waals surface area contributed by atoms with E-state index in [1.807, 2.05) is 14.7 Å². The first-order chi connectivity index (χ1) is 16.4. The second kappa shape index (κ2) is 15.8. The molecular weight excluding hydrogens is 438 g/mol. The predicted octanol–water partition coefficient (Wildman–Crippen LogP) is -1.93. The van der Waals surface area contributed by atoms with E-state index in [1.165, 1.54) is 32.1 Å². The Morgan fingerprint density at radius 2 is 1.15 bits per heavy atom. The highest BCUT2D eigenvalue weighted by atomic mass is 16.2. The van der Waals surface area contributed by atoms with Gasteiger partial charge >= 0.3 is 0 Å². The maximum atomic E-state index is 12.7. The van der Waals surface area contributed by atoms with Crippen molar-refractivity contribution in [2.24, 2.45) is 17.4 Å². The Morgan fingerprint density at radius 1 is 0.706 bits per heavy atom. The van der Waals surface area contributed by atoms with Gasteiger partial charge < -0.3 is 21.6 Å². The van der Waals surface area contributed by atoms with Gasteiger partial charge in [0.05, 0.1) is 26.2 Å². The summed E-state index contributed by atoms with van der Waals surface area (Å²) < 4.78 is 0. The molecule has 0 aromatic heterocycles. The summed E-state index contributed by atoms with van der Waals surface area (Å²) >= 11 is 0. The van der Waals surface area contributed by atoms with Crippen LogP contribution in [0.4, 0.5) is 0 Å². The minimum absolute atomic E-state index is 0.00805. The van der Waals surface area contributed by atoms with Crippen LogP contribution in [0.2, 0.25) is 0 Å². The van der Waals surface area contributed by atoms with Gasteiger partial charge in [-0.2, -0.15) is 0 Å². The predicted molar refractivity (Wildman–Crippen MR) is 130 cm³/mol. The molecule has 0 bridgehead atoms. The quantitative estimate of drug-likeness (QED) is 0.306. The summed E-state index contributed by atoms with van der Waals surface area (Å²) in [6.45, 7) is 6.19. The molecule has 1 saturated carbocycles. The van der Waals surface area contributed by atoms with Gasteiger partial charge in [0.25, 0.3) is 0 Å². The summed E-state index contributed by atoms with van der Waals surface area (Å²) in [7, 11) is 0. The standard InChI is InChI=1S/C23H43N7O4/c24-21(32)17-28-8-6-27(14-15-31)7-9-30(13-12-29(11-10-28)18-22(25)33)19-23(34)26-16-20-4-2-1-3-5-20/h15,20H,1-14,16-19H2,(H2,24,32)(H2,25,33)(H,26,34). The minimum atomic E-state index is -0.416. The molecule has 1 aliphatic heterocycles. The Labute approximate surface area is 203 Å². The molecule has 34 heavy (non-hydrogen) atoms. The lowest BCUT2D eigenvalue weighted by Gasteiger charge is -2.33. The fourth-order valence-corrected chi connectivity index (χ4v) is 4.69. The van der Waals surface area contributed by atoms with Crippen LogP contribution in [0.3, 0.4) is 0 Å². The van der Waals surface area contributed by atoms with Gasteiger partial charge in [-0.1, -0.05) is 19.3 Å². The highest BCUT2D eigenvalue weighted by Gasteiger charge is 2.20. The largest absolute Gasteiger partial charge is 0.369 e. The first kappa shape index (κ1) is 28.2. The highest BCUT2D eigenvalue weighted by Crippen LogP contribution is 2.22. The van der Waals surface area contributed by atoms with Gasteiger partial charge in [-0.25, -0.2) is 0 Å². The van der Waals surface area contributed by atoms with Crippen molar-refractivity contribution in [3.63, 3.8) is 0 Å². The van der Waals surface area contributed by atoms with E-state index in [0.717, 1.165) is 12.8 Å². The van der Waals surface area contributed by atoms with Gasteiger partial charge in [-0.05, 0) is 18.8 Å². The minimum Gasteiger partial charge on any atom is -0.369 e. The second-order valence-electron chi connectivity index (χ2n) is 9.54. The van der Waals surface area contributed by atoms with Crippen molar-refractivity contribution >= 4 is 24.0 Å². The molecule has 0 atom stereocenters. The van der Waals surface area contributed by atoms with Crippen LogP contribution in [0.5, 0.6) is 0 Å². The number of nitrogens with one attached hydrogen (secondary N) is 1. The molecule has 1 aliphatic carbocycles. The molecule has 1 heterocycles. The van der Waals surface area contributed by atoms with E-state index in [9.17, 15) is 19.2 Å². The molecule has 0 aromatic rings. The normalized spacial score (nSPS) is 21.3. The number of hydrogen-bond acceptors (Lipinski definition) is 8. The fourth-order valence-electron chi connectivity index (χ4n) is 4.69. The van der Waals surface area contributed by atoms with Crippen LogP contribution < -0.4 is 16.8 Å². The van der Waals surface area contributed by atoms with Crippen molar-refractivity contribution in [2.75, 3.05) is 85.1 Å². The van der Waals surface area contributed by atoms with Crippen LogP contribution in [0.25, 0.3) is 0 Å². The Bertz CT molecular complexity index is 657. The summed E-state index contributed by atoms with van der Waals surface area (Å²) in [5, 5.41) is 3.10. The second-order valence-corrected chi connectivity index (χ2v) is 9.54. The molecule has 2 rings (SSSR count). The molecule has 11 heteroatoms. The molecule has 0 spiro atoms. The van der Waals surface area contributed by atoms with Crippen LogP contribution in [-0.4, -0.2) is 129 Å². The summed E-state index contributed by atoms with van der Waals surface area (Å²) in [6, 6.07) is 0. The number of aldehydes is 1. The first-order valence-electron chi connectivity index (χ1n) is 12.5. The molecule has 5 N–H and O–H groups in total. The smallest absolute Gasteiger partial charge is 0.234 e. The molecule has 2 aliphatic rings. The van der Waals surface area contributed by atoms with Crippen LogP contribution in [0, 0.1) is 5.92 Å². The summed E-state index contributed by atoms with van der Waals surface area (Å²) in [5.41, 5.74) is 10.8. The van der Waals surface area contributed by atoms with E-state index >= 15 is 0 Å². The van der Waals surface area contributed by atoms with E-state index in [0.29, 0.717) is 64.8 Å². The number of rotatable bonds is 10. The maximum Gasteiger partial charge on any atom is 0.234 e. The highest BCUT2D eigenvalue weighted by molar-refractivity contribution is 5.78. The van der Waals surface area contributed by atoms with Crippen molar-refractivity contribution < 1.29 is 19.2 Å². The van der Waals surface area contributed by atoms with Crippen LogP contribution in [-0.2, 0) is 19.2 Å². The van der Waals surface area contributed by atoms with Crippen molar-refractivity contribution in [2.45, 2.75) is 32.1 Å². The molecule has 2 fully saturated rings. The van der Waals surface area contributed by atoms with Crippen LogP contribution >= 0.6 is 0 Å². The Balaban J connectivity index is 1.99. The van der Waals surface area contributed by atoms with Crippen molar-refractivity contribution in [1.82, 2.24) is 24.9 Å². The summed E-state index contributed by atoms with van der Waals surface area (Å²) in [4.78, 5) is 54.9. The SMILES string of the molecule is NC(=O)CN1CCN(CC=O)CCN(CC(=O)NCC2CCCCC2)CCN(CC(N)=O)CC1. The fraction of sp³-hybridized carbons (Fsp3) is 0.826. The van der Waals surface area contributed by atoms with E-state index in [2.05, 4.69) is 10.2 Å². The third-order valence-corrected chi connectivity index (χ3v) is 6.70. The molecule has 1 saturated heterocycles. The van der Waals surface area contributed by atoms with Gasteiger partial charge in [0.15, 0.2) is 0 Å². The lowest BCUT2D eigenvalue weighted by Crippen LogP contribution is -2.50. The third kappa shape index (κ3) is 11.9. The topological polar surface area (TPSA) is 145 Å². The zero-order valence-corrected chi connectivity index (χ0v) is 20.5. The van der Waals surface area contributed by atoms with Crippen molar-refractivity contribution in [1.29, 1.82) is 0 Å². The van der Waals surface area contributed by atoms with Crippen molar-refractivity contribution in [3.05, 3.63) is 0 Å². The third-order valence-electron chi connectivity index (χ3n) is 6.70. The molecule has 0 aromatic carbocycles. The van der Waals surface area contributed by atoms with Gasteiger partial charge in [0, 0.05) is 58.9 Å². The Morgan fingerprint density at radius 3 is 1.59 bits per heavy atom. The Hall–Kier alpha value is -2.08. The van der Waals surface area contributed by atoms with E-state index in [4.69, 9.17) is 11.5 Å². The van der Waals surface area contributed by atoms with E-state index in [-0.39, 0.29) is 25.5 Å². The van der Waals surface area contributed by atoms with Crippen LogP contribution in [0.1, 0.15) is 32.1 Å². The zero-order chi connectivity index (χ0) is 24.8. The average molecular weight is 482 g/mol. The first-order valence-corrected chi connectivity index (χ1v) is 12.5. The summed E-state index contributed by atoms with van der Waals surface area (Å²) in [6.07, 6.45) is 7.01. The number of carbonyl (C=O) groups is 4. The number of carbonyl (C=O) groups excluding carboxylic acids is 4. The van der Waals surface area contributed by atoms with Gasteiger partial charge in [0.1, 0.15) is 6.29 Å².